The molecule has 1 saturated heterocycles. The highest BCUT2D eigenvalue weighted by Crippen LogP contribution is 2.28. The topological polar surface area (TPSA) is 159 Å². The van der Waals surface area contributed by atoms with Gasteiger partial charge in [-0.3, -0.25) is 19.2 Å². The lowest BCUT2D eigenvalue weighted by Crippen LogP contribution is -2.47. The zero-order valence-corrected chi connectivity index (χ0v) is 28.3. The van der Waals surface area contributed by atoms with Gasteiger partial charge in [0.1, 0.15) is 11.4 Å². The number of H-pyrrole nitrogens is 1. The summed E-state index contributed by atoms with van der Waals surface area (Å²) in [6.07, 6.45) is 3.01. The molecule has 4 amide bonds. The van der Waals surface area contributed by atoms with Crippen LogP contribution in [0.3, 0.4) is 0 Å². The fraction of sp³-hybridized carbons (Fsp3) is 0.351. The molecule has 2 heterocycles. The van der Waals surface area contributed by atoms with Crippen LogP contribution in [0.15, 0.2) is 60.7 Å². The van der Waals surface area contributed by atoms with Crippen LogP contribution in [0.5, 0.6) is 5.75 Å². The van der Waals surface area contributed by atoms with E-state index in [0.717, 1.165) is 51.0 Å². The highest BCUT2D eigenvalue weighted by atomic mass is 16.5. The maximum Gasteiger partial charge on any atom is 0.265 e. The van der Waals surface area contributed by atoms with Gasteiger partial charge in [-0.25, -0.2) is 0 Å². The summed E-state index contributed by atoms with van der Waals surface area (Å²) in [7, 11) is 3.61. The van der Waals surface area contributed by atoms with Crippen LogP contribution in [0.2, 0.25) is 0 Å². The smallest absolute Gasteiger partial charge is 0.265 e. The van der Waals surface area contributed by atoms with E-state index in [0.29, 0.717) is 57.7 Å². The lowest BCUT2D eigenvalue weighted by molar-refractivity contribution is -0.132. The van der Waals surface area contributed by atoms with Crippen molar-refractivity contribution in [3.05, 3.63) is 88.6 Å². The number of unbranched alkanes of at least 4 members (excludes halogenated alkanes) is 2. The van der Waals surface area contributed by atoms with Crippen LogP contribution in [0.1, 0.15) is 68.0 Å². The molecule has 5 rings (SSSR count). The Morgan fingerprint density at radius 2 is 1.63 bits per heavy atom. The van der Waals surface area contributed by atoms with Crippen molar-refractivity contribution in [2.75, 3.05) is 57.6 Å². The maximum absolute atomic E-state index is 13.4. The summed E-state index contributed by atoms with van der Waals surface area (Å²) in [5.41, 5.74) is 9.59. The number of piperazine rings is 1. The summed E-state index contributed by atoms with van der Waals surface area (Å²) < 4.78 is 11.5. The first-order chi connectivity index (χ1) is 23.6. The molecule has 5 N–H and O–H groups in total. The van der Waals surface area contributed by atoms with Crippen molar-refractivity contribution in [1.29, 1.82) is 0 Å². The zero-order valence-electron chi connectivity index (χ0n) is 28.3. The predicted octanol–water partition coefficient (Wildman–Crippen LogP) is 4.94. The molecule has 12 nitrogen and oxygen atoms in total. The quantitative estimate of drug-likeness (QED) is 0.139. The molecule has 3 aromatic carbocycles. The summed E-state index contributed by atoms with van der Waals surface area (Å²) >= 11 is 0. The molecule has 12 heteroatoms. The molecule has 0 unspecified atom stereocenters. The summed E-state index contributed by atoms with van der Waals surface area (Å²) in [6.45, 7) is 5.99. The lowest BCUT2D eigenvalue weighted by atomic mass is 10.1. The van der Waals surface area contributed by atoms with E-state index in [9.17, 15) is 19.2 Å². The third-order valence-corrected chi connectivity index (χ3v) is 8.62. The third kappa shape index (κ3) is 9.04. The predicted molar refractivity (Wildman–Crippen MR) is 189 cm³/mol. The fourth-order valence-corrected chi connectivity index (χ4v) is 5.81. The number of nitrogens with zero attached hydrogens (tertiary/aromatic N) is 2. The average Bonchev–Trinajstić information content (AvgIpc) is 3.54. The molecule has 0 bridgehead atoms. The standard InChI is InChI=1S/C37H44N6O6/c1-24-11-13-31(33(20-24)49-19-6-4-5-10-34(44)43-17-15-42(2)16-18-43)41-36(46)25-12-14-29(26(21-25)23-48-3)40-37(47)27-8-7-9-30-28(27)22-32(39-30)35(38)45/h7-9,11-14,20-22,39H,4-6,10,15-19,23H2,1-3H3,(H2,38,45)(H,40,47)(H,41,46). The van der Waals surface area contributed by atoms with Crippen LogP contribution in [-0.2, 0) is 16.1 Å². The maximum atomic E-state index is 13.4. The number of likely N-dealkylation sites (N-methyl/N-ethyl adjacent to an activating group) is 1. The molecule has 0 atom stereocenters. The third-order valence-electron chi connectivity index (χ3n) is 8.62. The highest BCUT2D eigenvalue weighted by molar-refractivity contribution is 6.14. The number of carbonyl (C=O) groups excluding carboxylic acids is 4. The summed E-state index contributed by atoms with van der Waals surface area (Å²) in [6, 6.07) is 17.2. The van der Waals surface area contributed by atoms with E-state index in [-0.39, 0.29) is 24.1 Å². The van der Waals surface area contributed by atoms with Crippen molar-refractivity contribution >= 4 is 45.9 Å². The number of hydrogen-bond donors (Lipinski definition) is 4. The Hall–Kier alpha value is -5.20. The number of carbonyl (C=O) groups is 4. The van der Waals surface area contributed by atoms with Crippen LogP contribution < -0.4 is 21.1 Å². The molecular weight excluding hydrogens is 624 g/mol. The SMILES string of the molecule is COCc1cc(C(=O)Nc2ccc(C)cc2OCCCCCC(=O)N2CCN(C)CC2)ccc1NC(=O)c1cccc2[nH]c(C(N)=O)cc12. The van der Waals surface area contributed by atoms with Crippen LogP contribution in [0, 0.1) is 6.92 Å². The van der Waals surface area contributed by atoms with E-state index >= 15 is 0 Å². The number of fused-ring (bicyclic) bond motifs is 1. The average molecular weight is 669 g/mol. The first-order valence-electron chi connectivity index (χ1n) is 16.5. The number of nitrogens with two attached hydrogens (primary N) is 1. The number of ether oxygens (including phenoxy) is 2. The number of amides is 4. The summed E-state index contributed by atoms with van der Waals surface area (Å²) in [5, 5.41) is 6.43. The van der Waals surface area contributed by atoms with Gasteiger partial charge in [0.15, 0.2) is 0 Å². The second-order valence-electron chi connectivity index (χ2n) is 12.4. The van der Waals surface area contributed by atoms with Gasteiger partial charge in [-0.05, 0) is 87.3 Å². The van der Waals surface area contributed by atoms with Crippen molar-refractivity contribution < 1.29 is 28.7 Å². The van der Waals surface area contributed by atoms with E-state index in [1.807, 2.05) is 30.0 Å². The molecule has 0 radical (unpaired) electrons. The molecule has 1 aliphatic heterocycles. The number of nitrogens with one attached hydrogen (secondary N) is 3. The minimum absolute atomic E-state index is 0.150. The van der Waals surface area contributed by atoms with Gasteiger partial charge < -0.3 is 40.6 Å². The van der Waals surface area contributed by atoms with E-state index in [2.05, 4.69) is 27.6 Å². The van der Waals surface area contributed by atoms with E-state index in [1.165, 1.54) is 7.11 Å². The molecule has 0 saturated carbocycles. The van der Waals surface area contributed by atoms with Crippen molar-refractivity contribution in [2.45, 2.75) is 39.2 Å². The molecule has 258 valence electrons. The molecule has 0 spiro atoms. The van der Waals surface area contributed by atoms with Crippen LogP contribution in [-0.4, -0.2) is 85.4 Å². The Morgan fingerprint density at radius 3 is 2.39 bits per heavy atom. The van der Waals surface area contributed by atoms with Gasteiger partial charge in [0.25, 0.3) is 17.7 Å². The lowest BCUT2D eigenvalue weighted by Gasteiger charge is -2.32. The number of primary amides is 1. The van der Waals surface area contributed by atoms with Gasteiger partial charge in [0, 0.05) is 73.0 Å². The van der Waals surface area contributed by atoms with Gasteiger partial charge in [-0.15, -0.1) is 0 Å². The normalized spacial score (nSPS) is 13.3. The number of benzene rings is 3. The minimum atomic E-state index is -0.621. The van der Waals surface area contributed by atoms with Crippen molar-refractivity contribution in [2.24, 2.45) is 5.73 Å². The first-order valence-corrected chi connectivity index (χ1v) is 16.5. The van der Waals surface area contributed by atoms with Gasteiger partial charge in [0.05, 0.1) is 18.9 Å². The molecule has 49 heavy (non-hydrogen) atoms. The van der Waals surface area contributed by atoms with Gasteiger partial charge >= 0.3 is 0 Å². The van der Waals surface area contributed by atoms with E-state index < -0.39 is 11.8 Å². The largest absolute Gasteiger partial charge is 0.491 e. The molecule has 1 fully saturated rings. The second-order valence-corrected chi connectivity index (χ2v) is 12.4. The first kappa shape index (κ1) is 35.1. The minimum Gasteiger partial charge on any atom is -0.491 e. The fourth-order valence-electron chi connectivity index (χ4n) is 5.81. The van der Waals surface area contributed by atoms with Crippen molar-refractivity contribution in [3.8, 4) is 5.75 Å². The number of methoxy groups -OCH3 is 1. The van der Waals surface area contributed by atoms with Crippen molar-refractivity contribution in [3.63, 3.8) is 0 Å². The van der Waals surface area contributed by atoms with E-state index in [1.54, 1.807) is 42.5 Å². The number of aromatic amines is 1. The van der Waals surface area contributed by atoms with Gasteiger partial charge in [-0.1, -0.05) is 12.1 Å². The molecule has 1 aliphatic rings. The second kappa shape index (κ2) is 16.3. The number of aryl methyl sites for hydroxylation is 1. The van der Waals surface area contributed by atoms with Crippen molar-refractivity contribution in [1.82, 2.24) is 14.8 Å². The molecule has 0 aliphatic carbocycles. The monoisotopic (exact) mass is 668 g/mol. The molecule has 1 aromatic heterocycles. The van der Waals surface area contributed by atoms with Crippen LogP contribution in [0.4, 0.5) is 11.4 Å². The highest BCUT2D eigenvalue weighted by Gasteiger charge is 2.19. The van der Waals surface area contributed by atoms with Gasteiger partial charge in [-0.2, -0.15) is 0 Å². The number of aromatic nitrogens is 1. The zero-order chi connectivity index (χ0) is 34.9. The Bertz CT molecular complexity index is 1830. The number of rotatable bonds is 14. The Morgan fingerprint density at radius 1 is 0.878 bits per heavy atom. The summed E-state index contributed by atoms with van der Waals surface area (Å²) in [4.78, 5) is 58.0. The Balaban J connectivity index is 1.19. The Kier molecular flexibility index (Phi) is 11.7. The number of hydrogen-bond acceptors (Lipinski definition) is 7. The Labute approximate surface area is 285 Å². The van der Waals surface area contributed by atoms with E-state index in [4.69, 9.17) is 15.2 Å². The van der Waals surface area contributed by atoms with Crippen LogP contribution in [0.25, 0.3) is 10.9 Å². The van der Waals surface area contributed by atoms with Gasteiger partial charge in [0.2, 0.25) is 5.91 Å². The summed E-state index contributed by atoms with van der Waals surface area (Å²) in [5.74, 6) is -0.567. The van der Waals surface area contributed by atoms with Crippen LogP contribution >= 0.6 is 0 Å². The number of anilines is 2. The molecular formula is C37H44N6O6. The molecule has 4 aromatic rings.